The van der Waals surface area contributed by atoms with Crippen LogP contribution >= 0.6 is 0 Å². The van der Waals surface area contributed by atoms with E-state index in [1.54, 1.807) is 4.90 Å². The Balaban J connectivity index is 1.75. The third-order valence-corrected chi connectivity index (χ3v) is 5.68. The van der Waals surface area contributed by atoms with E-state index in [9.17, 15) is 14.7 Å². The van der Waals surface area contributed by atoms with Gasteiger partial charge in [-0.1, -0.05) is 6.07 Å². The number of hydrogen-bond acceptors (Lipinski definition) is 4. The molecule has 6 nitrogen and oxygen atoms in total. The van der Waals surface area contributed by atoms with Crippen LogP contribution in [0, 0.1) is 5.41 Å². The molecule has 0 aromatic heterocycles. The van der Waals surface area contributed by atoms with Crippen molar-refractivity contribution in [2.45, 2.75) is 25.7 Å². The molecule has 0 bridgehead atoms. The topological polar surface area (TPSA) is 64.1 Å². The summed E-state index contributed by atoms with van der Waals surface area (Å²) in [5, 5.41) is 9.22. The number of likely N-dealkylation sites (tertiary alicyclic amines) is 2. The Kier molecular flexibility index (Phi) is 5.51. The molecule has 2 saturated heterocycles. The molecule has 2 fully saturated rings. The minimum absolute atomic E-state index is 0.0121. The molecule has 3 rings (SSSR count). The number of piperidine rings is 2. The monoisotopic (exact) mass is 359 g/mol. The predicted molar refractivity (Wildman–Crippen MR) is 101 cm³/mol. The summed E-state index contributed by atoms with van der Waals surface area (Å²) in [6.07, 6.45) is 3.33. The van der Waals surface area contributed by atoms with Crippen LogP contribution < -0.4 is 4.90 Å². The fourth-order valence-electron chi connectivity index (χ4n) is 4.24. The number of aliphatic hydroxyl groups is 1. The zero-order valence-electron chi connectivity index (χ0n) is 15.8. The van der Waals surface area contributed by atoms with E-state index >= 15 is 0 Å². The Morgan fingerprint density at radius 3 is 2.81 bits per heavy atom. The molecule has 142 valence electrons. The fourth-order valence-corrected chi connectivity index (χ4v) is 4.24. The van der Waals surface area contributed by atoms with Crippen LogP contribution in [0.4, 0.5) is 5.69 Å². The maximum absolute atomic E-state index is 13.1. The molecule has 1 N–H and O–H groups in total. The van der Waals surface area contributed by atoms with Gasteiger partial charge in [0.25, 0.3) is 5.91 Å². The Bertz CT molecular complexity index is 676. The van der Waals surface area contributed by atoms with Crippen molar-refractivity contribution < 1.29 is 14.7 Å². The van der Waals surface area contributed by atoms with Gasteiger partial charge in [0.2, 0.25) is 5.91 Å². The summed E-state index contributed by atoms with van der Waals surface area (Å²) < 4.78 is 0. The summed E-state index contributed by atoms with van der Waals surface area (Å²) in [7, 11) is 3.93. The van der Waals surface area contributed by atoms with E-state index < -0.39 is 0 Å². The van der Waals surface area contributed by atoms with Gasteiger partial charge in [0, 0.05) is 63.4 Å². The lowest BCUT2D eigenvalue weighted by Gasteiger charge is -2.48. The number of nitrogens with zero attached hydrogens (tertiary/aromatic N) is 3. The largest absolute Gasteiger partial charge is 0.395 e. The highest BCUT2D eigenvalue weighted by atomic mass is 16.3. The maximum atomic E-state index is 13.1. The second kappa shape index (κ2) is 7.66. The lowest BCUT2D eigenvalue weighted by molar-refractivity contribution is -0.139. The van der Waals surface area contributed by atoms with Gasteiger partial charge < -0.3 is 19.8 Å². The zero-order chi connectivity index (χ0) is 18.7. The zero-order valence-corrected chi connectivity index (χ0v) is 15.8. The second-order valence-corrected chi connectivity index (χ2v) is 7.81. The average Bonchev–Trinajstić information content (AvgIpc) is 2.65. The normalized spacial score (nSPS) is 23.4. The molecule has 0 unspecified atom stereocenters. The van der Waals surface area contributed by atoms with E-state index in [-0.39, 0.29) is 23.8 Å². The van der Waals surface area contributed by atoms with Crippen molar-refractivity contribution in [1.82, 2.24) is 9.80 Å². The van der Waals surface area contributed by atoms with Crippen molar-refractivity contribution in [1.29, 1.82) is 0 Å². The van der Waals surface area contributed by atoms with Crippen LogP contribution in [0.1, 0.15) is 36.0 Å². The molecule has 0 saturated carbocycles. The van der Waals surface area contributed by atoms with Crippen molar-refractivity contribution >= 4 is 17.5 Å². The first-order chi connectivity index (χ1) is 12.4. The number of benzene rings is 1. The molecule has 1 aromatic rings. The summed E-state index contributed by atoms with van der Waals surface area (Å²) in [4.78, 5) is 30.8. The van der Waals surface area contributed by atoms with Gasteiger partial charge in [0.15, 0.2) is 0 Å². The number of anilines is 1. The first kappa shape index (κ1) is 18.7. The molecule has 2 heterocycles. The van der Waals surface area contributed by atoms with Crippen molar-refractivity contribution in [3.05, 3.63) is 29.8 Å². The Morgan fingerprint density at radius 1 is 1.27 bits per heavy atom. The van der Waals surface area contributed by atoms with E-state index in [0.717, 1.165) is 31.5 Å². The summed E-state index contributed by atoms with van der Waals surface area (Å²) in [6.45, 7) is 2.48. The molecular formula is C20H29N3O3. The third kappa shape index (κ3) is 3.85. The number of hydrogen-bond donors (Lipinski definition) is 1. The lowest BCUT2D eigenvalue weighted by atomic mass is 9.73. The van der Waals surface area contributed by atoms with Crippen molar-refractivity contribution in [2.24, 2.45) is 5.41 Å². The molecule has 1 atom stereocenters. The number of aliphatic hydroxyl groups excluding tert-OH is 1. The average molecular weight is 359 g/mol. The minimum Gasteiger partial charge on any atom is -0.395 e. The molecule has 2 amide bonds. The molecule has 0 radical (unpaired) electrons. The highest BCUT2D eigenvalue weighted by Gasteiger charge is 2.42. The number of carbonyl (C=O) groups excluding carboxylic acids is 2. The van der Waals surface area contributed by atoms with Gasteiger partial charge in [-0.25, -0.2) is 0 Å². The fraction of sp³-hybridized carbons (Fsp3) is 0.600. The highest BCUT2D eigenvalue weighted by molar-refractivity contribution is 5.95. The quantitative estimate of drug-likeness (QED) is 0.887. The minimum atomic E-state index is -0.0316. The Labute approximate surface area is 155 Å². The van der Waals surface area contributed by atoms with Gasteiger partial charge in [0.05, 0.1) is 6.61 Å². The number of carbonyl (C=O) groups is 2. The first-order valence-corrected chi connectivity index (χ1v) is 9.39. The first-order valence-electron chi connectivity index (χ1n) is 9.39. The van der Waals surface area contributed by atoms with Crippen molar-refractivity contribution in [3.63, 3.8) is 0 Å². The van der Waals surface area contributed by atoms with Gasteiger partial charge in [-0.2, -0.15) is 0 Å². The number of rotatable bonds is 4. The molecular weight excluding hydrogens is 330 g/mol. The van der Waals surface area contributed by atoms with Crippen LogP contribution in [0.5, 0.6) is 0 Å². The van der Waals surface area contributed by atoms with Crippen LogP contribution in [0.15, 0.2) is 24.3 Å². The van der Waals surface area contributed by atoms with Crippen LogP contribution in [0.3, 0.4) is 0 Å². The van der Waals surface area contributed by atoms with Crippen LogP contribution in [0.2, 0.25) is 0 Å². The Morgan fingerprint density at radius 2 is 2.08 bits per heavy atom. The van der Waals surface area contributed by atoms with Crippen LogP contribution in [-0.2, 0) is 4.79 Å². The summed E-state index contributed by atoms with van der Waals surface area (Å²) in [5.74, 6) is 0.185. The number of β-amino-alcohol motifs (C(OH)–C–C–N with tert-alkyl or cyclic N) is 1. The molecule has 0 aliphatic carbocycles. The van der Waals surface area contributed by atoms with Gasteiger partial charge in [-0.3, -0.25) is 9.59 Å². The molecule has 1 aromatic carbocycles. The van der Waals surface area contributed by atoms with E-state index in [4.69, 9.17) is 0 Å². The standard InChI is InChI=1S/C20H29N3O3/c1-21(2)17-6-3-5-16(13-17)19(26)23-10-4-8-20(15-23)9-7-18(25)22(14-20)11-12-24/h3,5-6,13,24H,4,7-12,14-15H2,1-2H3/t20-/m0/s1. The Hall–Kier alpha value is -2.08. The molecule has 26 heavy (non-hydrogen) atoms. The molecule has 6 heteroatoms. The third-order valence-electron chi connectivity index (χ3n) is 5.68. The van der Waals surface area contributed by atoms with E-state index in [0.29, 0.717) is 31.6 Å². The van der Waals surface area contributed by atoms with E-state index in [1.165, 1.54) is 0 Å². The number of amides is 2. The smallest absolute Gasteiger partial charge is 0.253 e. The molecule has 1 spiro atoms. The van der Waals surface area contributed by atoms with Crippen molar-refractivity contribution in [2.75, 3.05) is 51.8 Å². The summed E-state index contributed by atoms with van der Waals surface area (Å²) in [6, 6.07) is 7.73. The summed E-state index contributed by atoms with van der Waals surface area (Å²) in [5.41, 5.74) is 1.70. The predicted octanol–water partition coefficient (Wildman–Crippen LogP) is 1.59. The van der Waals surface area contributed by atoms with Crippen molar-refractivity contribution in [3.8, 4) is 0 Å². The van der Waals surface area contributed by atoms with Gasteiger partial charge in [-0.05, 0) is 37.5 Å². The second-order valence-electron chi connectivity index (χ2n) is 7.81. The van der Waals surface area contributed by atoms with E-state index in [2.05, 4.69) is 0 Å². The molecule has 2 aliphatic rings. The van der Waals surface area contributed by atoms with E-state index in [1.807, 2.05) is 48.2 Å². The van der Waals surface area contributed by atoms with Crippen LogP contribution in [-0.4, -0.2) is 73.6 Å². The maximum Gasteiger partial charge on any atom is 0.253 e. The molecule has 2 aliphatic heterocycles. The SMILES string of the molecule is CN(C)c1cccc(C(=O)N2CCC[C@@]3(CCC(=O)N(CCO)C3)C2)c1. The lowest BCUT2D eigenvalue weighted by Crippen LogP contribution is -2.55. The summed E-state index contributed by atoms with van der Waals surface area (Å²) >= 11 is 0. The van der Waals surface area contributed by atoms with Crippen LogP contribution in [0.25, 0.3) is 0 Å². The highest BCUT2D eigenvalue weighted by Crippen LogP contribution is 2.39. The van der Waals surface area contributed by atoms with Gasteiger partial charge in [-0.15, -0.1) is 0 Å². The van der Waals surface area contributed by atoms with Gasteiger partial charge in [0.1, 0.15) is 0 Å². The van der Waals surface area contributed by atoms with Gasteiger partial charge >= 0.3 is 0 Å².